The van der Waals surface area contributed by atoms with E-state index in [2.05, 4.69) is 15.0 Å². The minimum atomic E-state index is -3.59. The number of benzene rings is 2. The third-order valence-corrected chi connectivity index (χ3v) is 5.89. The number of pyridine rings is 1. The Labute approximate surface area is 179 Å². The predicted octanol–water partition coefficient (Wildman–Crippen LogP) is 2.95. The number of rotatable bonds is 7. The van der Waals surface area contributed by atoms with Crippen molar-refractivity contribution in [3.05, 3.63) is 76.9 Å². The minimum absolute atomic E-state index is 0.0463. The number of carbonyl (C=O) groups excluding carboxylic acids is 1. The van der Waals surface area contributed by atoms with Crippen LogP contribution in [-0.4, -0.2) is 26.4 Å². The molecule has 0 fully saturated rings. The fourth-order valence-electron chi connectivity index (χ4n) is 2.51. The Hall–Kier alpha value is -3.14. The average Bonchev–Trinajstić information content (AvgIpc) is 2.73. The van der Waals surface area contributed by atoms with Crippen molar-refractivity contribution in [2.45, 2.75) is 11.4 Å². The predicted molar refractivity (Wildman–Crippen MR) is 114 cm³/mol. The zero-order chi connectivity index (χ0) is 21.7. The Morgan fingerprint density at radius 3 is 2.60 bits per heavy atom. The molecule has 1 amide bonds. The molecule has 1 heterocycles. The van der Waals surface area contributed by atoms with Gasteiger partial charge in [-0.15, -0.1) is 0 Å². The van der Waals surface area contributed by atoms with Crippen LogP contribution in [0, 0.1) is 0 Å². The highest BCUT2D eigenvalue weighted by Gasteiger charge is 2.14. The summed E-state index contributed by atoms with van der Waals surface area (Å²) < 4.78 is 31.4. The van der Waals surface area contributed by atoms with Crippen LogP contribution in [-0.2, 0) is 16.6 Å². The van der Waals surface area contributed by atoms with E-state index >= 15 is 0 Å². The first-order chi connectivity index (χ1) is 14.3. The summed E-state index contributed by atoms with van der Waals surface area (Å²) in [6.07, 6.45) is 1.39. The zero-order valence-electron chi connectivity index (χ0n) is 15.9. The Morgan fingerprint density at radius 2 is 1.97 bits per heavy atom. The molecular weight excluding hydrogens is 428 g/mol. The Kier molecular flexibility index (Phi) is 6.56. The fraction of sp³-hybridized carbons (Fsp3) is 0.100. The van der Waals surface area contributed by atoms with Gasteiger partial charge in [0, 0.05) is 35.6 Å². The first kappa shape index (κ1) is 21.6. The van der Waals surface area contributed by atoms with Gasteiger partial charge in [-0.25, -0.2) is 18.1 Å². The molecule has 0 saturated heterocycles. The third kappa shape index (κ3) is 5.26. The summed E-state index contributed by atoms with van der Waals surface area (Å²) in [6.45, 7) is 0.124. The first-order valence-electron chi connectivity index (χ1n) is 8.78. The van der Waals surface area contributed by atoms with Gasteiger partial charge >= 0.3 is 0 Å². The number of amides is 1. The summed E-state index contributed by atoms with van der Waals surface area (Å²) in [5.74, 6) is 0.501. The van der Waals surface area contributed by atoms with Crippen molar-refractivity contribution in [3.8, 4) is 11.6 Å². The maximum atomic E-state index is 12.4. The van der Waals surface area contributed by atoms with E-state index < -0.39 is 10.0 Å². The molecule has 1 aromatic heterocycles. The summed E-state index contributed by atoms with van der Waals surface area (Å²) >= 11 is 6.15. The number of hydrogen-bond acceptors (Lipinski definition) is 6. The van der Waals surface area contributed by atoms with Crippen LogP contribution in [0.5, 0.6) is 11.6 Å². The molecule has 0 unspecified atom stereocenters. The van der Waals surface area contributed by atoms with Gasteiger partial charge in [0.1, 0.15) is 5.75 Å². The molecule has 3 aromatic rings. The van der Waals surface area contributed by atoms with E-state index in [1.807, 2.05) is 0 Å². The maximum absolute atomic E-state index is 12.4. The van der Waals surface area contributed by atoms with Crippen molar-refractivity contribution in [2.75, 3.05) is 12.8 Å². The number of ether oxygens (including phenoxy) is 1. The zero-order valence-corrected chi connectivity index (χ0v) is 17.5. The van der Waals surface area contributed by atoms with Crippen molar-refractivity contribution < 1.29 is 17.9 Å². The van der Waals surface area contributed by atoms with Crippen LogP contribution < -0.4 is 20.5 Å². The van der Waals surface area contributed by atoms with Crippen LogP contribution in [0.4, 0.5) is 5.69 Å². The maximum Gasteiger partial charge on any atom is 0.253 e. The average molecular weight is 447 g/mol. The number of nitrogens with zero attached hydrogens (tertiary/aromatic N) is 1. The number of nitrogens with two attached hydrogens (primary N) is 1. The monoisotopic (exact) mass is 446 g/mol. The molecule has 30 heavy (non-hydrogen) atoms. The van der Waals surface area contributed by atoms with Crippen LogP contribution >= 0.6 is 11.6 Å². The highest BCUT2D eigenvalue weighted by Crippen LogP contribution is 2.22. The Morgan fingerprint density at radius 1 is 1.17 bits per heavy atom. The summed E-state index contributed by atoms with van der Waals surface area (Å²) in [5.41, 5.74) is 7.19. The molecule has 0 aliphatic rings. The molecule has 10 heteroatoms. The smallest absolute Gasteiger partial charge is 0.253 e. The highest BCUT2D eigenvalue weighted by atomic mass is 35.5. The third-order valence-electron chi connectivity index (χ3n) is 4.12. The molecular formula is C20H19ClN4O4S. The Bertz CT molecular complexity index is 1170. The standard InChI is InChI=1S/C20H19ClN4O4S/c1-23-30(27,28)17-7-5-13(18(21)10-17)11-25-20(26)14-6-8-19(24-12-14)29-16-4-2-3-15(22)9-16/h2-10,12,23H,11,22H2,1H3,(H,25,26). The second-order valence-corrected chi connectivity index (χ2v) is 8.50. The van der Waals surface area contributed by atoms with Crippen molar-refractivity contribution >= 4 is 33.2 Å². The molecule has 0 saturated carbocycles. The molecule has 0 aliphatic carbocycles. The van der Waals surface area contributed by atoms with Crippen LogP contribution in [0.25, 0.3) is 0 Å². The largest absolute Gasteiger partial charge is 0.439 e. The van der Waals surface area contributed by atoms with Crippen molar-refractivity contribution in [3.63, 3.8) is 0 Å². The summed E-state index contributed by atoms with van der Waals surface area (Å²) in [7, 11) is -2.27. The second kappa shape index (κ2) is 9.12. The lowest BCUT2D eigenvalue weighted by Crippen LogP contribution is -2.23. The van der Waals surface area contributed by atoms with Gasteiger partial charge in [0.15, 0.2) is 0 Å². The molecule has 8 nitrogen and oxygen atoms in total. The number of nitrogen functional groups attached to an aromatic ring is 1. The number of hydrogen-bond donors (Lipinski definition) is 3. The summed E-state index contributed by atoms with van der Waals surface area (Å²) in [6, 6.07) is 14.4. The molecule has 0 aliphatic heterocycles. The van der Waals surface area contributed by atoms with E-state index in [-0.39, 0.29) is 22.4 Å². The lowest BCUT2D eigenvalue weighted by molar-refractivity contribution is 0.0950. The van der Waals surface area contributed by atoms with Crippen LogP contribution in [0.3, 0.4) is 0 Å². The molecule has 4 N–H and O–H groups in total. The number of sulfonamides is 1. The SMILES string of the molecule is CNS(=O)(=O)c1ccc(CNC(=O)c2ccc(Oc3cccc(N)c3)nc2)c(Cl)c1. The van der Waals surface area contributed by atoms with Gasteiger partial charge in [-0.05, 0) is 42.9 Å². The van der Waals surface area contributed by atoms with Gasteiger partial charge in [-0.2, -0.15) is 0 Å². The van der Waals surface area contributed by atoms with Gasteiger partial charge in [0.05, 0.1) is 10.5 Å². The number of halogens is 1. The quantitative estimate of drug-likeness (QED) is 0.479. The van der Waals surface area contributed by atoms with E-state index in [1.54, 1.807) is 42.5 Å². The van der Waals surface area contributed by atoms with Crippen molar-refractivity contribution in [1.82, 2.24) is 15.0 Å². The number of anilines is 1. The lowest BCUT2D eigenvalue weighted by Gasteiger charge is -2.10. The van der Waals surface area contributed by atoms with Crippen LogP contribution in [0.2, 0.25) is 5.02 Å². The lowest BCUT2D eigenvalue weighted by atomic mass is 10.2. The van der Waals surface area contributed by atoms with Crippen LogP contribution in [0.15, 0.2) is 65.7 Å². The topological polar surface area (TPSA) is 123 Å². The van der Waals surface area contributed by atoms with E-state index in [9.17, 15) is 13.2 Å². The molecule has 0 radical (unpaired) electrons. The minimum Gasteiger partial charge on any atom is -0.439 e. The van der Waals surface area contributed by atoms with E-state index in [0.29, 0.717) is 28.4 Å². The number of nitrogens with one attached hydrogen (secondary N) is 2. The molecule has 0 spiro atoms. The highest BCUT2D eigenvalue weighted by molar-refractivity contribution is 7.89. The number of carbonyl (C=O) groups is 1. The molecule has 0 atom stereocenters. The fourth-order valence-corrected chi connectivity index (χ4v) is 3.58. The van der Waals surface area contributed by atoms with Gasteiger partial charge in [-0.3, -0.25) is 4.79 Å². The van der Waals surface area contributed by atoms with Gasteiger partial charge < -0.3 is 15.8 Å². The second-order valence-electron chi connectivity index (χ2n) is 6.20. The molecule has 156 valence electrons. The van der Waals surface area contributed by atoms with E-state index in [0.717, 1.165) is 0 Å². The normalized spacial score (nSPS) is 11.1. The summed E-state index contributed by atoms with van der Waals surface area (Å²) in [5, 5.41) is 2.95. The van der Waals surface area contributed by atoms with E-state index in [4.69, 9.17) is 22.1 Å². The van der Waals surface area contributed by atoms with Crippen molar-refractivity contribution in [2.24, 2.45) is 0 Å². The molecule has 3 rings (SSSR count). The number of aromatic nitrogens is 1. The van der Waals surface area contributed by atoms with Gasteiger partial charge in [0.25, 0.3) is 5.91 Å². The van der Waals surface area contributed by atoms with Crippen molar-refractivity contribution in [1.29, 1.82) is 0 Å². The molecule has 2 aromatic carbocycles. The molecule has 0 bridgehead atoms. The summed E-state index contributed by atoms with van der Waals surface area (Å²) in [4.78, 5) is 16.5. The van der Waals surface area contributed by atoms with E-state index in [1.165, 1.54) is 25.4 Å². The van der Waals surface area contributed by atoms with Gasteiger partial charge in [-0.1, -0.05) is 23.7 Å². The van der Waals surface area contributed by atoms with Crippen LogP contribution in [0.1, 0.15) is 15.9 Å². The first-order valence-corrected chi connectivity index (χ1v) is 10.6. The van der Waals surface area contributed by atoms with Gasteiger partial charge in [0.2, 0.25) is 15.9 Å². The Balaban J connectivity index is 1.62.